The van der Waals surface area contributed by atoms with Gasteiger partial charge in [-0.3, -0.25) is 9.20 Å². The van der Waals surface area contributed by atoms with E-state index in [-0.39, 0.29) is 5.91 Å². The van der Waals surface area contributed by atoms with Crippen molar-refractivity contribution in [3.05, 3.63) is 57.6 Å². The molecule has 0 fully saturated rings. The Hall–Kier alpha value is -2.71. The van der Waals surface area contributed by atoms with Gasteiger partial charge in [0, 0.05) is 41.5 Å². The highest BCUT2D eigenvalue weighted by Crippen LogP contribution is 2.22. The first-order chi connectivity index (χ1) is 13.9. The number of nitrogens with zero attached hydrogens (tertiary/aromatic N) is 5. The minimum Gasteiger partial charge on any atom is -0.340 e. The van der Waals surface area contributed by atoms with Gasteiger partial charge < -0.3 is 9.42 Å². The van der Waals surface area contributed by atoms with E-state index in [0.29, 0.717) is 36.1 Å². The van der Waals surface area contributed by atoms with Crippen LogP contribution in [0.15, 0.2) is 35.0 Å². The molecule has 0 unspecified atom stereocenters. The molecule has 29 heavy (non-hydrogen) atoms. The molecule has 7 nitrogen and oxygen atoms in total. The van der Waals surface area contributed by atoms with Gasteiger partial charge in [0.15, 0.2) is 4.96 Å². The molecular formula is C20H20ClN5O2S. The van der Waals surface area contributed by atoms with Crippen LogP contribution in [0.4, 0.5) is 0 Å². The molecule has 0 radical (unpaired) electrons. The quantitative estimate of drug-likeness (QED) is 0.456. The molecule has 0 bridgehead atoms. The third-order valence-electron chi connectivity index (χ3n) is 4.68. The van der Waals surface area contributed by atoms with Gasteiger partial charge in [0.25, 0.3) is 0 Å². The first-order valence-electron chi connectivity index (χ1n) is 9.17. The van der Waals surface area contributed by atoms with Crippen molar-refractivity contribution >= 4 is 33.8 Å². The van der Waals surface area contributed by atoms with E-state index in [1.165, 1.54) is 4.88 Å². The normalized spacial score (nSPS) is 11.3. The Morgan fingerprint density at radius 2 is 2.00 bits per heavy atom. The fourth-order valence-electron chi connectivity index (χ4n) is 3.09. The molecule has 9 heteroatoms. The molecule has 0 saturated heterocycles. The van der Waals surface area contributed by atoms with Crippen LogP contribution in [-0.2, 0) is 17.8 Å². The minimum absolute atomic E-state index is 0.0116. The van der Waals surface area contributed by atoms with Crippen molar-refractivity contribution in [2.24, 2.45) is 0 Å². The number of thiazole rings is 1. The van der Waals surface area contributed by atoms with E-state index < -0.39 is 0 Å². The number of hydrogen-bond acceptors (Lipinski definition) is 6. The summed E-state index contributed by atoms with van der Waals surface area (Å²) in [6, 6.07) is 7.21. The van der Waals surface area contributed by atoms with Crippen molar-refractivity contribution in [2.45, 2.75) is 33.2 Å². The molecule has 4 aromatic rings. The number of benzene rings is 1. The summed E-state index contributed by atoms with van der Waals surface area (Å²) >= 11 is 7.55. The molecule has 0 spiro atoms. The van der Waals surface area contributed by atoms with Crippen molar-refractivity contribution in [3.8, 4) is 11.4 Å². The summed E-state index contributed by atoms with van der Waals surface area (Å²) < 4.78 is 7.35. The van der Waals surface area contributed by atoms with E-state index in [2.05, 4.69) is 32.6 Å². The lowest BCUT2D eigenvalue weighted by atomic mass is 10.2. The summed E-state index contributed by atoms with van der Waals surface area (Å²) in [6.45, 7) is 4.53. The Labute approximate surface area is 176 Å². The first-order valence-corrected chi connectivity index (χ1v) is 10.4. The lowest BCUT2D eigenvalue weighted by molar-refractivity contribution is -0.130. The van der Waals surface area contributed by atoms with Crippen molar-refractivity contribution in [1.29, 1.82) is 0 Å². The lowest BCUT2D eigenvalue weighted by Crippen LogP contribution is -2.27. The van der Waals surface area contributed by atoms with Crippen LogP contribution in [0.3, 0.4) is 0 Å². The number of carbonyl (C=O) groups excluding carboxylic acids is 1. The molecule has 4 rings (SSSR count). The fraction of sp³-hybridized carbons (Fsp3) is 0.300. The molecule has 0 atom stereocenters. The molecule has 0 aliphatic rings. The summed E-state index contributed by atoms with van der Waals surface area (Å²) in [4.78, 5) is 25.4. The highest BCUT2D eigenvalue weighted by atomic mass is 35.5. The van der Waals surface area contributed by atoms with E-state index >= 15 is 0 Å². The predicted octanol–water partition coefficient (Wildman–Crippen LogP) is 4.31. The summed E-state index contributed by atoms with van der Waals surface area (Å²) in [6.07, 6.45) is 2.74. The van der Waals surface area contributed by atoms with Gasteiger partial charge in [-0.05, 0) is 38.1 Å². The maximum absolute atomic E-state index is 12.6. The predicted molar refractivity (Wildman–Crippen MR) is 112 cm³/mol. The molecule has 3 heterocycles. The Morgan fingerprint density at radius 1 is 1.24 bits per heavy atom. The average Bonchev–Trinajstić information content (AvgIpc) is 3.37. The Bertz CT molecular complexity index is 1160. The Morgan fingerprint density at radius 3 is 2.76 bits per heavy atom. The van der Waals surface area contributed by atoms with E-state index in [9.17, 15) is 4.79 Å². The summed E-state index contributed by atoms with van der Waals surface area (Å²) in [7, 11) is 1.80. The van der Waals surface area contributed by atoms with Gasteiger partial charge in [0.1, 0.15) is 0 Å². The summed E-state index contributed by atoms with van der Waals surface area (Å²) in [5.41, 5.74) is 2.79. The van der Waals surface area contributed by atoms with Gasteiger partial charge in [-0.25, -0.2) is 4.98 Å². The van der Waals surface area contributed by atoms with Crippen LogP contribution in [0.25, 0.3) is 16.3 Å². The van der Waals surface area contributed by atoms with Crippen LogP contribution >= 0.6 is 22.9 Å². The molecule has 3 aromatic heterocycles. The molecule has 1 aromatic carbocycles. The Balaban J connectivity index is 1.38. The number of aryl methyl sites for hydroxylation is 3. The SMILES string of the molecule is Cc1cn2c(CN(C)C(=O)CCc3nc(-c4ccc(Cl)cc4)no3)c(C)nc2s1. The molecule has 150 valence electrons. The van der Waals surface area contributed by atoms with Crippen LogP contribution in [0.1, 0.15) is 28.6 Å². The van der Waals surface area contributed by atoms with E-state index in [1.807, 2.05) is 19.1 Å². The molecular weight excluding hydrogens is 410 g/mol. The number of hydrogen-bond donors (Lipinski definition) is 0. The monoisotopic (exact) mass is 429 g/mol. The third kappa shape index (κ3) is 4.18. The number of amides is 1. The smallest absolute Gasteiger partial charge is 0.227 e. The number of aromatic nitrogens is 4. The largest absolute Gasteiger partial charge is 0.340 e. The highest BCUT2D eigenvalue weighted by Gasteiger charge is 2.17. The summed E-state index contributed by atoms with van der Waals surface area (Å²) in [5.74, 6) is 0.938. The number of fused-ring (bicyclic) bond motifs is 1. The zero-order valence-corrected chi connectivity index (χ0v) is 17.9. The second-order valence-corrected chi connectivity index (χ2v) is 8.56. The van der Waals surface area contributed by atoms with Gasteiger partial charge in [-0.2, -0.15) is 4.98 Å². The van der Waals surface area contributed by atoms with Crippen LogP contribution in [0.5, 0.6) is 0 Å². The van der Waals surface area contributed by atoms with Crippen molar-refractivity contribution in [3.63, 3.8) is 0 Å². The van der Waals surface area contributed by atoms with Gasteiger partial charge in [-0.15, -0.1) is 11.3 Å². The average molecular weight is 430 g/mol. The Kier molecular flexibility index (Phi) is 5.38. The number of rotatable bonds is 6. The topological polar surface area (TPSA) is 76.5 Å². The van der Waals surface area contributed by atoms with E-state index in [1.54, 1.807) is 35.4 Å². The molecule has 1 amide bonds. The summed E-state index contributed by atoms with van der Waals surface area (Å²) in [5, 5.41) is 4.63. The minimum atomic E-state index is 0.0116. The van der Waals surface area contributed by atoms with Crippen LogP contribution in [0, 0.1) is 13.8 Å². The van der Waals surface area contributed by atoms with Gasteiger partial charge in [0.2, 0.25) is 17.6 Å². The van der Waals surface area contributed by atoms with Crippen LogP contribution in [0.2, 0.25) is 5.02 Å². The molecule has 0 aliphatic heterocycles. The molecule has 0 N–H and O–H groups in total. The van der Waals surface area contributed by atoms with Crippen LogP contribution < -0.4 is 0 Å². The van der Waals surface area contributed by atoms with Gasteiger partial charge in [-0.1, -0.05) is 16.8 Å². The van der Waals surface area contributed by atoms with Gasteiger partial charge >= 0.3 is 0 Å². The zero-order chi connectivity index (χ0) is 20.5. The van der Waals surface area contributed by atoms with Crippen molar-refractivity contribution < 1.29 is 9.32 Å². The zero-order valence-electron chi connectivity index (χ0n) is 16.3. The second-order valence-electron chi connectivity index (χ2n) is 6.91. The standard InChI is InChI=1S/C20H20ClN5O2S/c1-12-10-26-16(13(2)22-20(26)29-12)11-25(3)18(27)9-8-17-23-19(24-28-17)14-4-6-15(21)7-5-14/h4-7,10H,8-9,11H2,1-3H3. The van der Waals surface area contributed by atoms with Crippen molar-refractivity contribution in [2.75, 3.05) is 7.05 Å². The lowest BCUT2D eigenvalue weighted by Gasteiger charge is -2.16. The van der Waals surface area contributed by atoms with Crippen LogP contribution in [-0.4, -0.2) is 37.4 Å². The maximum Gasteiger partial charge on any atom is 0.227 e. The van der Waals surface area contributed by atoms with Gasteiger partial charge in [0.05, 0.1) is 17.9 Å². The molecule has 0 saturated carbocycles. The number of halogens is 1. The molecule has 0 aliphatic carbocycles. The highest BCUT2D eigenvalue weighted by molar-refractivity contribution is 7.17. The first kappa shape index (κ1) is 19.6. The second kappa shape index (κ2) is 7.96. The van der Waals surface area contributed by atoms with E-state index in [4.69, 9.17) is 16.1 Å². The number of carbonyl (C=O) groups is 1. The number of imidazole rings is 1. The van der Waals surface area contributed by atoms with E-state index in [0.717, 1.165) is 21.9 Å². The third-order valence-corrected chi connectivity index (χ3v) is 5.83. The maximum atomic E-state index is 12.6. The fourth-order valence-corrected chi connectivity index (χ4v) is 4.11. The van der Waals surface area contributed by atoms with Crippen molar-refractivity contribution in [1.82, 2.24) is 24.4 Å².